The third-order valence-corrected chi connectivity index (χ3v) is 3.96. The summed E-state index contributed by atoms with van der Waals surface area (Å²) in [7, 11) is 0. The number of pyridine rings is 2. The maximum absolute atomic E-state index is 11.9. The summed E-state index contributed by atoms with van der Waals surface area (Å²) in [4.78, 5) is 32.1. The van der Waals surface area contributed by atoms with Gasteiger partial charge in [0, 0.05) is 41.2 Å². The highest BCUT2D eigenvalue weighted by atomic mass is 16.5. The fraction of sp³-hybridized carbons (Fsp3) is 0.0909. The number of urea groups is 1. The highest BCUT2D eigenvalue weighted by molar-refractivity contribution is 5.96. The van der Waals surface area contributed by atoms with Crippen LogP contribution in [0.25, 0.3) is 11.3 Å². The molecular weight excluding hydrogens is 382 g/mol. The zero-order valence-electron chi connectivity index (χ0n) is 16.1. The second kappa shape index (κ2) is 9.82. The van der Waals surface area contributed by atoms with E-state index in [0.29, 0.717) is 17.8 Å². The van der Waals surface area contributed by atoms with E-state index in [1.54, 1.807) is 24.8 Å². The lowest BCUT2D eigenvalue weighted by Gasteiger charge is -2.10. The Labute approximate surface area is 173 Å². The van der Waals surface area contributed by atoms with Gasteiger partial charge in [0.25, 0.3) is 5.91 Å². The molecule has 0 radical (unpaired) electrons. The third-order valence-electron chi connectivity index (χ3n) is 3.96. The first-order chi connectivity index (χ1) is 14.6. The minimum Gasteiger partial charge on any atom is -0.338 e. The molecule has 1 aromatic carbocycles. The lowest BCUT2D eigenvalue weighted by Crippen LogP contribution is -2.29. The molecule has 3 amide bonds. The molecule has 2 heterocycles. The lowest BCUT2D eigenvalue weighted by atomic mass is 10.1. The molecule has 0 aliphatic rings. The van der Waals surface area contributed by atoms with Crippen LogP contribution in [-0.4, -0.2) is 33.7 Å². The summed E-state index contributed by atoms with van der Waals surface area (Å²) in [6.07, 6.45) is 3.37. The summed E-state index contributed by atoms with van der Waals surface area (Å²) < 4.78 is 0. The molecule has 0 aliphatic heterocycles. The molecule has 0 unspecified atom stereocenters. The third kappa shape index (κ3) is 5.41. The number of aromatic nitrogens is 2. The fourth-order valence-corrected chi connectivity index (χ4v) is 2.56. The van der Waals surface area contributed by atoms with Gasteiger partial charge in [0.05, 0.1) is 5.69 Å². The molecule has 8 nitrogen and oxygen atoms in total. The van der Waals surface area contributed by atoms with Crippen LogP contribution in [0.2, 0.25) is 0 Å². The van der Waals surface area contributed by atoms with Gasteiger partial charge in [-0.1, -0.05) is 24.0 Å². The van der Waals surface area contributed by atoms with Crippen molar-refractivity contribution in [3.05, 3.63) is 77.6 Å². The van der Waals surface area contributed by atoms with Crippen LogP contribution in [0.4, 0.5) is 10.6 Å². The van der Waals surface area contributed by atoms with Gasteiger partial charge >= 0.3 is 6.03 Å². The second-order valence-electron chi connectivity index (χ2n) is 6.12. The van der Waals surface area contributed by atoms with Crippen LogP contribution >= 0.6 is 0 Å². The van der Waals surface area contributed by atoms with Crippen LogP contribution in [0.1, 0.15) is 28.4 Å². The van der Waals surface area contributed by atoms with Crippen LogP contribution in [0.15, 0.2) is 60.9 Å². The van der Waals surface area contributed by atoms with Crippen molar-refractivity contribution in [3.8, 4) is 23.1 Å². The monoisotopic (exact) mass is 401 g/mol. The average Bonchev–Trinajstić information content (AvgIpc) is 2.78. The van der Waals surface area contributed by atoms with E-state index in [1.807, 2.05) is 36.4 Å². The number of carbonyl (C=O) groups is 2. The Bertz CT molecular complexity index is 1100. The molecule has 0 spiro atoms. The quantitative estimate of drug-likeness (QED) is 0.305. The number of hydrogen-bond acceptors (Lipinski definition) is 5. The van der Waals surface area contributed by atoms with E-state index in [1.165, 1.54) is 12.1 Å². The minimum atomic E-state index is -0.712. The summed E-state index contributed by atoms with van der Waals surface area (Å²) in [5.74, 6) is 5.55. The largest absolute Gasteiger partial charge is 0.338 e. The second-order valence-corrected chi connectivity index (χ2v) is 6.12. The van der Waals surface area contributed by atoms with Crippen molar-refractivity contribution < 1.29 is 14.8 Å². The summed E-state index contributed by atoms with van der Waals surface area (Å²) in [5, 5.41) is 14.1. The van der Waals surface area contributed by atoms with Crippen LogP contribution in [0.5, 0.6) is 0 Å². The van der Waals surface area contributed by atoms with Gasteiger partial charge in [-0.2, -0.15) is 0 Å². The Hall–Kier alpha value is -4.22. The topological polar surface area (TPSA) is 116 Å². The van der Waals surface area contributed by atoms with Crippen molar-refractivity contribution >= 4 is 17.8 Å². The summed E-state index contributed by atoms with van der Waals surface area (Å²) >= 11 is 0. The van der Waals surface area contributed by atoms with E-state index in [2.05, 4.69) is 32.4 Å². The highest BCUT2D eigenvalue weighted by Gasteiger charge is 2.12. The first-order valence-corrected chi connectivity index (χ1v) is 9.13. The molecule has 150 valence electrons. The maximum atomic E-state index is 11.9. The molecule has 0 saturated carbocycles. The Balaban J connectivity index is 1.89. The number of anilines is 1. The Morgan fingerprint density at radius 1 is 1.07 bits per heavy atom. The van der Waals surface area contributed by atoms with Crippen LogP contribution < -0.4 is 16.1 Å². The first kappa shape index (κ1) is 20.5. The summed E-state index contributed by atoms with van der Waals surface area (Å²) in [6, 6.07) is 13.4. The predicted molar refractivity (Wildman–Crippen MR) is 112 cm³/mol. The van der Waals surface area contributed by atoms with Crippen molar-refractivity contribution in [2.75, 3.05) is 11.9 Å². The van der Waals surface area contributed by atoms with Gasteiger partial charge in [-0.15, -0.1) is 0 Å². The minimum absolute atomic E-state index is 0.148. The van der Waals surface area contributed by atoms with E-state index >= 15 is 0 Å². The van der Waals surface area contributed by atoms with Crippen LogP contribution in [0, 0.1) is 11.8 Å². The zero-order valence-corrected chi connectivity index (χ0v) is 16.1. The van der Waals surface area contributed by atoms with Gasteiger partial charge in [-0.25, -0.2) is 15.3 Å². The van der Waals surface area contributed by atoms with Crippen LogP contribution in [-0.2, 0) is 0 Å². The normalized spacial score (nSPS) is 9.80. The molecular formula is C22H19N5O3. The van der Waals surface area contributed by atoms with Gasteiger partial charge in [-0.3, -0.25) is 20.3 Å². The molecule has 0 aliphatic carbocycles. The molecule has 8 heteroatoms. The molecule has 2 aromatic heterocycles. The predicted octanol–water partition coefficient (Wildman–Crippen LogP) is 2.80. The molecule has 30 heavy (non-hydrogen) atoms. The number of rotatable bonds is 4. The molecule has 3 rings (SSSR count). The van der Waals surface area contributed by atoms with E-state index in [4.69, 9.17) is 5.21 Å². The van der Waals surface area contributed by atoms with E-state index in [9.17, 15) is 9.59 Å². The van der Waals surface area contributed by atoms with Crippen molar-refractivity contribution in [1.29, 1.82) is 0 Å². The van der Waals surface area contributed by atoms with Gasteiger partial charge in [0.15, 0.2) is 0 Å². The smallest absolute Gasteiger partial charge is 0.320 e. The van der Waals surface area contributed by atoms with Gasteiger partial charge in [0.2, 0.25) is 0 Å². The number of benzene rings is 1. The zero-order chi connectivity index (χ0) is 21.3. The number of hydroxylamine groups is 1. The van der Waals surface area contributed by atoms with Crippen molar-refractivity contribution in [2.45, 2.75) is 6.92 Å². The Kier molecular flexibility index (Phi) is 6.71. The van der Waals surface area contributed by atoms with Crippen molar-refractivity contribution in [2.24, 2.45) is 0 Å². The Morgan fingerprint density at radius 2 is 1.83 bits per heavy atom. The summed E-state index contributed by atoms with van der Waals surface area (Å²) in [5.41, 5.74) is 4.52. The average molecular weight is 401 g/mol. The van der Waals surface area contributed by atoms with E-state index in [0.717, 1.165) is 11.1 Å². The fourth-order valence-electron chi connectivity index (χ4n) is 2.56. The number of carbonyl (C=O) groups excluding carboxylic acids is 2. The molecule has 3 aromatic rings. The number of amides is 3. The van der Waals surface area contributed by atoms with Crippen molar-refractivity contribution in [3.63, 3.8) is 0 Å². The number of nitrogens with one attached hydrogen (secondary N) is 3. The lowest BCUT2D eigenvalue weighted by molar-refractivity contribution is 0.0706. The molecule has 0 saturated heterocycles. The molecule has 0 bridgehead atoms. The Morgan fingerprint density at radius 3 is 2.50 bits per heavy atom. The molecule has 4 N–H and O–H groups in total. The standard InChI is InChI=1S/C22H19N5O3/c1-2-24-22(29)26-20-13-18(21(28)27-30)12-19(25-20)17-9-7-15(8-10-17)5-6-16-4-3-11-23-14-16/h3-4,7-14,30H,2H2,1H3,(H,27,28)(H2,24,25,26,29). The van der Waals surface area contributed by atoms with Gasteiger partial charge in [-0.05, 0) is 43.3 Å². The maximum Gasteiger partial charge on any atom is 0.320 e. The van der Waals surface area contributed by atoms with Crippen molar-refractivity contribution in [1.82, 2.24) is 20.8 Å². The van der Waals surface area contributed by atoms with E-state index < -0.39 is 11.9 Å². The number of hydrogen-bond donors (Lipinski definition) is 4. The summed E-state index contributed by atoms with van der Waals surface area (Å²) in [6.45, 7) is 2.23. The van der Waals surface area contributed by atoms with Gasteiger partial charge in [0.1, 0.15) is 5.82 Å². The van der Waals surface area contributed by atoms with Gasteiger partial charge < -0.3 is 5.32 Å². The first-order valence-electron chi connectivity index (χ1n) is 9.13. The van der Waals surface area contributed by atoms with E-state index in [-0.39, 0.29) is 11.4 Å². The number of nitrogens with zero attached hydrogens (tertiary/aromatic N) is 2. The SMILES string of the molecule is CCNC(=O)Nc1cc(C(=O)NO)cc(-c2ccc(C#Cc3cccnc3)cc2)n1. The molecule has 0 fully saturated rings. The molecule has 0 atom stereocenters. The van der Waals surface area contributed by atoms with Crippen LogP contribution in [0.3, 0.4) is 0 Å². The highest BCUT2D eigenvalue weighted by Crippen LogP contribution is 2.22.